The summed E-state index contributed by atoms with van der Waals surface area (Å²) < 4.78 is 17.4. The van der Waals surface area contributed by atoms with Gasteiger partial charge in [-0.3, -0.25) is 4.79 Å². The van der Waals surface area contributed by atoms with Crippen LogP contribution in [0.4, 0.5) is 4.39 Å². The van der Waals surface area contributed by atoms with Crippen LogP contribution in [0.15, 0.2) is 18.3 Å². The second kappa shape index (κ2) is 7.76. The Morgan fingerprint density at radius 3 is 2.71 bits per heavy atom. The zero-order valence-electron chi connectivity index (χ0n) is 10.1. The summed E-state index contributed by atoms with van der Waals surface area (Å²) in [5.41, 5.74) is 0.755. The third kappa shape index (κ3) is 7.44. The molecule has 1 aliphatic rings. The molecular weight excluding hydrogens is 221 g/mol. The first-order valence-electron chi connectivity index (χ1n) is 5.98. The Morgan fingerprint density at radius 1 is 1.47 bits per heavy atom. The minimum absolute atomic E-state index is 0.260. The van der Waals surface area contributed by atoms with Crippen molar-refractivity contribution in [2.45, 2.75) is 39.0 Å². The number of aryl methyl sites for hydroxylation is 1. The Hall–Kier alpha value is -1.45. The first kappa shape index (κ1) is 13.6. The number of ether oxygens (including phenoxy) is 1. The molecule has 3 nitrogen and oxygen atoms in total. The van der Waals surface area contributed by atoms with E-state index in [0.717, 1.165) is 5.56 Å². The van der Waals surface area contributed by atoms with Crippen molar-refractivity contribution in [3.8, 4) is 0 Å². The van der Waals surface area contributed by atoms with Crippen molar-refractivity contribution in [1.29, 1.82) is 0 Å². The average Bonchev–Trinajstić information content (AvgIpc) is 3.14. The molecule has 0 aliphatic heterocycles. The van der Waals surface area contributed by atoms with Crippen LogP contribution < -0.4 is 0 Å². The van der Waals surface area contributed by atoms with Gasteiger partial charge < -0.3 is 4.74 Å². The fourth-order valence-corrected chi connectivity index (χ4v) is 1.08. The molecule has 1 aromatic heterocycles. The number of aromatic nitrogens is 1. The van der Waals surface area contributed by atoms with Crippen molar-refractivity contribution in [3.63, 3.8) is 0 Å². The summed E-state index contributed by atoms with van der Waals surface area (Å²) in [6.45, 7) is 2.13. The van der Waals surface area contributed by atoms with Gasteiger partial charge in [0.2, 0.25) is 5.95 Å². The Kier molecular flexibility index (Phi) is 6.22. The van der Waals surface area contributed by atoms with Crippen LogP contribution in [0.2, 0.25) is 0 Å². The molecule has 4 heteroatoms. The lowest BCUT2D eigenvalue weighted by atomic mass is 10.1. The smallest absolute Gasteiger partial charge is 0.306 e. The molecule has 0 aromatic carbocycles. The fraction of sp³-hybridized carbons (Fsp3) is 0.538. The standard InChI is InChI=1S/C10H12FNO2.C3H6/c1-2-14-10(13)4-3-8-5-6-12-9(11)7-8;1-2-3-1/h5-7H,2-4H2,1H3;1-3H2. The number of hydrogen-bond donors (Lipinski definition) is 0. The molecule has 94 valence electrons. The topological polar surface area (TPSA) is 39.2 Å². The molecule has 0 unspecified atom stereocenters. The van der Waals surface area contributed by atoms with Crippen molar-refractivity contribution in [1.82, 2.24) is 4.98 Å². The number of carbonyl (C=O) groups excluding carboxylic acids is 1. The highest BCUT2D eigenvalue weighted by Crippen LogP contribution is 2.14. The molecule has 1 aliphatic carbocycles. The number of hydrogen-bond acceptors (Lipinski definition) is 3. The summed E-state index contributed by atoms with van der Waals surface area (Å²) in [6.07, 6.45) is 6.64. The van der Waals surface area contributed by atoms with E-state index < -0.39 is 5.95 Å². The summed E-state index contributed by atoms with van der Waals surface area (Å²) in [7, 11) is 0. The van der Waals surface area contributed by atoms with Gasteiger partial charge in [0.15, 0.2) is 0 Å². The number of rotatable bonds is 4. The van der Waals surface area contributed by atoms with Crippen LogP contribution >= 0.6 is 0 Å². The van der Waals surface area contributed by atoms with Crippen molar-refractivity contribution in [2.75, 3.05) is 6.61 Å². The van der Waals surface area contributed by atoms with E-state index in [1.54, 1.807) is 13.0 Å². The number of esters is 1. The largest absolute Gasteiger partial charge is 0.466 e. The van der Waals surface area contributed by atoms with Crippen LogP contribution in [0, 0.1) is 5.95 Å². The van der Waals surface area contributed by atoms with Gasteiger partial charge in [0.05, 0.1) is 6.61 Å². The number of halogens is 1. The second-order valence-electron chi connectivity index (χ2n) is 3.85. The normalized spacial score (nSPS) is 12.4. The van der Waals surface area contributed by atoms with Crippen molar-refractivity contribution in [2.24, 2.45) is 0 Å². The van der Waals surface area contributed by atoms with Gasteiger partial charge in [-0.05, 0) is 31.0 Å². The van der Waals surface area contributed by atoms with E-state index in [1.165, 1.54) is 31.5 Å². The molecule has 1 aromatic rings. The third-order valence-corrected chi connectivity index (χ3v) is 2.07. The Bertz CT molecular complexity index is 350. The first-order valence-corrected chi connectivity index (χ1v) is 5.98. The van der Waals surface area contributed by atoms with E-state index in [0.29, 0.717) is 13.0 Å². The second-order valence-corrected chi connectivity index (χ2v) is 3.85. The lowest BCUT2D eigenvalue weighted by Gasteiger charge is -2.01. The zero-order chi connectivity index (χ0) is 12.5. The quantitative estimate of drug-likeness (QED) is 0.599. The molecule has 0 spiro atoms. The lowest BCUT2D eigenvalue weighted by Crippen LogP contribution is -2.05. The minimum atomic E-state index is -0.522. The monoisotopic (exact) mass is 239 g/mol. The molecule has 1 fully saturated rings. The SMILES string of the molecule is C1CC1.CCOC(=O)CCc1ccnc(F)c1. The molecule has 0 N–H and O–H groups in total. The molecule has 2 rings (SSSR count). The van der Waals surface area contributed by atoms with Crippen molar-refractivity contribution >= 4 is 5.97 Å². The fourth-order valence-electron chi connectivity index (χ4n) is 1.08. The number of carbonyl (C=O) groups is 1. The molecule has 0 amide bonds. The van der Waals surface area contributed by atoms with E-state index >= 15 is 0 Å². The van der Waals surface area contributed by atoms with Crippen LogP contribution in [-0.2, 0) is 16.0 Å². The van der Waals surface area contributed by atoms with E-state index in [9.17, 15) is 9.18 Å². The third-order valence-electron chi connectivity index (χ3n) is 2.07. The molecule has 17 heavy (non-hydrogen) atoms. The highest BCUT2D eigenvalue weighted by atomic mass is 19.1. The van der Waals surface area contributed by atoms with Crippen LogP contribution in [-0.4, -0.2) is 17.6 Å². The van der Waals surface area contributed by atoms with E-state index in [1.807, 2.05) is 0 Å². The Balaban J connectivity index is 0.000000415. The highest BCUT2D eigenvalue weighted by molar-refractivity contribution is 5.69. The maximum Gasteiger partial charge on any atom is 0.306 e. The summed E-state index contributed by atoms with van der Waals surface area (Å²) in [5, 5.41) is 0. The molecule has 0 bridgehead atoms. The predicted octanol–water partition coefficient (Wildman–Crippen LogP) is 2.89. The average molecular weight is 239 g/mol. The van der Waals surface area contributed by atoms with E-state index in [2.05, 4.69) is 4.98 Å². The van der Waals surface area contributed by atoms with Gasteiger partial charge >= 0.3 is 5.97 Å². The maximum atomic E-state index is 12.6. The summed E-state index contributed by atoms with van der Waals surface area (Å²) >= 11 is 0. The molecule has 0 saturated heterocycles. The van der Waals surface area contributed by atoms with E-state index in [-0.39, 0.29) is 12.4 Å². The van der Waals surface area contributed by atoms with Crippen molar-refractivity contribution < 1.29 is 13.9 Å². The molecule has 0 atom stereocenters. The maximum absolute atomic E-state index is 12.6. The Morgan fingerprint density at radius 2 is 2.18 bits per heavy atom. The summed E-state index contributed by atoms with van der Waals surface area (Å²) in [5.74, 6) is -0.781. The van der Waals surface area contributed by atoms with Gasteiger partial charge in [-0.25, -0.2) is 4.98 Å². The van der Waals surface area contributed by atoms with Crippen LogP contribution in [0.3, 0.4) is 0 Å². The van der Waals surface area contributed by atoms with Crippen LogP contribution in [0.1, 0.15) is 38.2 Å². The van der Waals surface area contributed by atoms with Crippen molar-refractivity contribution in [3.05, 3.63) is 29.8 Å². The van der Waals surface area contributed by atoms with Gasteiger partial charge in [-0.1, -0.05) is 19.3 Å². The predicted molar refractivity (Wildman–Crippen MR) is 63.0 cm³/mol. The molecular formula is C13H18FNO2. The minimum Gasteiger partial charge on any atom is -0.466 e. The Labute approximate surface area is 101 Å². The summed E-state index contributed by atoms with van der Waals surface area (Å²) in [4.78, 5) is 14.4. The van der Waals surface area contributed by atoms with Crippen LogP contribution in [0.5, 0.6) is 0 Å². The van der Waals surface area contributed by atoms with E-state index in [4.69, 9.17) is 4.74 Å². The number of pyridine rings is 1. The van der Waals surface area contributed by atoms with Gasteiger partial charge in [0, 0.05) is 12.6 Å². The molecule has 0 radical (unpaired) electrons. The highest BCUT2D eigenvalue weighted by Gasteiger charge is 2.03. The number of nitrogens with zero attached hydrogens (tertiary/aromatic N) is 1. The zero-order valence-corrected chi connectivity index (χ0v) is 10.1. The molecule has 1 saturated carbocycles. The molecule has 1 heterocycles. The first-order chi connectivity index (χ1) is 8.22. The van der Waals surface area contributed by atoms with Gasteiger partial charge in [-0.15, -0.1) is 0 Å². The van der Waals surface area contributed by atoms with Gasteiger partial charge in [-0.2, -0.15) is 4.39 Å². The lowest BCUT2D eigenvalue weighted by molar-refractivity contribution is -0.143. The summed E-state index contributed by atoms with van der Waals surface area (Å²) in [6, 6.07) is 3.00. The van der Waals surface area contributed by atoms with Gasteiger partial charge in [0.25, 0.3) is 0 Å². The van der Waals surface area contributed by atoms with Crippen LogP contribution in [0.25, 0.3) is 0 Å². The van der Waals surface area contributed by atoms with Gasteiger partial charge in [0.1, 0.15) is 0 Å².